The lowest BCUT2D eigenvalue weighted by atomic mass is 10.0. The molecule has 0 radical (unpaired) electrons. The van der Waals surface area contributed by atoms with Gasteiger partial charge >= 0.3 is 6.18 Å². The van der Waals surface area contributed by atoms with E-state index in [-0.39, 0.29) is 30.1 Å². The molecule has 0 bridgehead atoms. The first-order valence-corrected chi connectivity index (χ1v) is 10.8. The van der Waals surface area contributed by atoms with E-state index in [1.807, 2.05) is 31.2 Å². The number of nitrogens with one attached hydrogen (secondary N) is 2. The second kappa shape index (κ2) is 10.1. The van der Waals surface area contributed by atoms with Gasteiger partial charge in [0.05, 0.1) is 29.4 Å². The highest BCUT2D eigenvalue weighted by Crippen LogP contribution is 2.33. The van der Waals surface area contributed by atoms with Crippen LogP contribution in [0.2, 0.25) is 0 Å². The standard InChI is InChI=1S/C25H27F3N4O2/c1-15-5-7-19(8-6-15)23(30-18(4)33)13-24(34)29-14-20-9-10-21(12-22(20)25(26,27)28)32-17(3)11-16(2)31-32/h5-12,23H,13-14H2,1-4H3,(H,29,34)(H,30,33). The molecule has 2 amide bonds. The number of aryl methyl sites for hydroxylation is 3. The van der Waals surface area contributed by atoms with Gasteiger partial charge < -0.3 is 10.6 Å². The number of hydrogen-bond acceptors (Lipinski definition) is 3. The Morgan fingerprint density at radius 3 is 2.26 bits per heavy atom. The van der Waals surface area contributed by atoms with Crippen molar-refractivity contribution in [3.8, 4) is 5.69 Å². The number of benzene rings is 2. The van der Waals surface area contributed by atoms with E-state index in [2.05, 4.69) is 15.7 Å². The second-order valence-corrected chi connectivity index (χ2v) is 8.32. The van der Waals surface area contributed by atoms with Crippen LogP contribution in [0.1, 0.15) is 53.0 Å². The Bertz CT molecular complexity index is 1180. The zero-order valence-corrected chi connectivity index (χ0v) is 19.5. The van der Waals surface area contributed by atoms with Gasteiger partial charge in [0.15, 0.2) is 0 Å². The van der Waals surface area contributed by atoms with Crippen LogP contribution in [0, 0.1) is 20.8 Å². The van der Waals surface area contributed by atoms with Gasteiger partial charge in [-0.25, -0.2) is 4.68 Å². The molecule has 9 heteroatoms. The summed E-state index contributed by atoms with van der Waals surface area (Å²) in [5.41, 5.74) is 2.57. The summed E-state index contributed by atoms with van der Waals surface area (Å²) in [6, 6.07) is 12.5. The SMILES string of the molecule is CC(=O)NC(CC(=O)NCc1ccc(-n2nc(C)cc2C)cc1C(F)(F)F)c1ccc(C)cc1. The van der Waals surface area contributed by atoms with Gasteiger partial charge in [-0.1, -0.05) is 35.9 Å². The number of hydrogen-bond donors (Lipinski definition) is 2. The average Bonchev–Trinajstić information content (AvgIpc) is 3.09. The second-order valence-electron chi connectivity index (χ2n) is 8.32. The Hall–Kier alpha value is -3.62. The van der Waals surface area contributed by atoms with Crippen molar-refractivity contribution < 1.29 is 22.8 Å². The Balaban J connectivity index is 1.77. The monoisotopic (exact) mass is 472 g/mol. The van der Waals surface area contributed by atoms with E-state index in [1.54, 1.807) is 26.0 Å². The van der Waals surface area contributed by atoms with Gasteiger partial charge in [-0.2, -0.15) is 18.3 Å². The van der Waals surface area contributed by atoms with E-state index in [0.717, 1.165) is 17.2 Å². The topological polar surface area (TPSA) is 76.0 Å². The van der Waals surface area contributed by atoms with E-state index in [4.69, 9.17) is 0 Å². The molecule has 0 aliphatic heterocycles. The summed E-state index contributed by atoms with van der Waals surface area (Å²) in [4.78, 5) is 24.2. The minimum Gasteiger partial charge on any atom is -0.352 e. The minimum absolute atomic E-state index is 0.0578. The van der Waals surface area contributed by atoms with Crippen molar-refractivity contribution in [1.82, 2.24) is 20.4 Å². The Morgan fingerprint density at radius 2 is 1.71 bits per heavy atom. The Morgan fingerprint density at radius 1 is 1.03 bits per heavy atom. The molecule has 0 fully saturated rings. The summed E-state index contributed by atoms with van der Waals surface area (Å²) < 4.78 is 42.8. The van der Waals surface area contributed by atoms with Crippen molar-refractivity contribution in [2.45, 2.75) is 52.9 Å². The number of carbonyl (C=O) groups excluding carboxylic acids is 2. The number of amides is 2. The number of aromatic nitrogens is 2. The third-order valence-corrected chi connectivity index (χ3v) is 5.38. The minimum atomic E-state index is -4.60. The molecule has 2 aromatic carbocycles. The highest BCUT2D eigenvalue weighted by Gasteiger charge is 2.34. The average molecular weight is 473 g/mol. The zero-order chi connectivity index (χ0) is 25.0. The molecule has 1 unspecified atom stereocenters. The van der Waals surface area contributed by atoms with Crippen LogP contribution < -0.4 is 10.6 Å². The molecule has 180 valence electrons. The molecular formula is C25H27F3N4O2. The first kappa shape index (κ1) is 25.0. The number of halogens is 3. The van der Waals surface area contributed by atoms with E-state index in [9.17, 15) is 22.8 Å². The largest absolute Gasteiger partial charge is 0.416 e. The van der Waals surface area contributed by atoms with Crippen LogP contribution in [0.5, 0.6) is 0 Å². The fraction of sp³-hybridized carbons (Fsp3) is 0.320. The van der Waals surface area contributed by atoms with Crippen molar-refractivity contribution in [1.29, 1.82) is 0 Å². The van der Waals surface area contributed by atoms with E-state index in [0.29, 0.717) is 11.4 Å². The molecule has 0 aliphatic rings. The van der Waals surface area contributed by atoms with Gasteiger partial charge in [0, 0.05) is 19.2 Å². The van der Waals surface area contributed by atoms with E-state index >= 15 is 0 Å². The van der Waals surface area contributed by atoms with Gasteiger partial charge in [-0.3, -0.25) is 9.59 Å². The van der Waals surface area contributed by atoms with Crippen LogP contribution in [-0.4, -0.2) is 21.6 Å². The molecular weight excluding hydrogens is 445 g/mol. The van der Waals surface area contributed by atoms with Gasteiger partial charge in [0.1, 0.15) is 0 Å². The number of carbonyl (C=O) groups is 2. The number of alkyl halides is 3. The summed E-state index contributed by atoms with van der Waals surface area (Å²) >= 11 is 0. The zero-order valence-electron chi connectivity index (χ0n) is 19.5. The fourth-order valence-electron chi connectivity index (χ4n) is 3.75. The summed E-state index contributed by atoms with van der Waals surface area (Å²) in [7, 11) is 0. The quantitative estimate of drug-likeness (QED) is 0.523. The molecule has 34 heavy (non-hydrogen) atoms. The Labute approximate surface area is 196 Å². The highest BCUT2D eigenvalue weighted by molar-refractivity contribution is 5.79. The summed E-state index contributed by atoms with van der Waals surface area (Å²) in [6.07, 6.45) is -4.71. The fourth-order valence-corrected chi connectivity index (χ4v) is 3.75. The number of rotatable bonds is 7. The molecule has 0 saturated carbocycles. The lowest BCUT2D eigenvalue weighted by molar-refractivity contribution is -0.138. The van der Waals surface area contributed by atoms with Crippen molar-refractivity contribution in [3.63, 3.8) is 0 Å². The van der Waals surface area contributed by atoms with Crippen LogP contribution in [0.4, 0.5) is 13.2 Å². The summed E-state index contributed by atoms with van der Waals surface area (Å²) in [5, 5.41) is 9.53. The molecule has 0 spiro atoms. The van der Waals surface area contributed by atoms with Crippen LogP contribution in [0.15, 0.2) is 48.5 Å². The smallest absolute Gasteiger partial charge is 0.352 e. The molecule has 3 rings (SSSR count). The molecule has 1 aromatic heterocycles. The van der Waals surface area contributed by atoms with Crippen molar-refractivity contribution in [3.05, 3.63) is 82.2 Å². The molecule has 1 atom stereocenters. The van der Waals surface area contributed by atoms with Gasteiger partial charge in [0.25, 0.3) is 0 Å². The summed E-state index contributed by atoms with van der Waals surface area (Å²) in [6.45, 7) is 6.50. The molecule has 3 aromatic rings. The third kappa shape index (κ3) is 6.24. The van der Waals surface area contributed by atoms with Crippen LogP contribution in [-0.2, 0) is 22.3 Å². The van der Waals surface area contributed by atoms with Crippen LogP contribution >= 0.6 is 0 Å². The lowest BCUT2D eigenvalue weighted by Gasteiger charge is -2.19. The first-order chi connectivity index (χ1) is 15.9. The van der Waals surface area contributed by atoms with E-state index in [1.165, 1.54) is 17.7 Å². The normalized spacial score (nSPS) is 12.3. The van der Waals surface area contributed by atoms with Gasteiger partial charge in [-0.15, -0.1) is 0 Å². The lowest BCUT2D eigenvalue weighted by Crippen LogP contribution is -2.32. The molecule has 0 aliphatic carbocycles. The van der Waals surface area contributed by atoms with Crippen molar-refractivity contribution >= 4 is 11.8 Å². The maximum atomic E-state index is 13.8. The Kier molecular flexibility index (Phi) is 7.44. The van der Waals surface area contributed by atoms with Crippen molar-refractivity contribution in [2.75, 3.05) is 0 Å². The molecule has 6 nitrogen and oxygen atoms in total. The number of nitrogens with zero attached hydrogens (tertiary/aromatic N) is 2. The van der Waals surface area contributed by atoms with Crippen molar-refractivity contribution in [2.24, 2.45) is 0 Å². The molecule has 0 saturated heterocycles. The third-order valence-electron chi connectivity index (χ3n) is 5.38. The van der Waals surface area contributed by atoms with Gasteiger partial charge in [0.2, 0.25) is 11.8 Å². The maximum Gasteiger partial charge on any atom is 0.416 e. The predicted octanol–water partition coefficient (Wildman–Crippen LogP) is 4.70. The predicted molar refractivity (Wildman–Crippen MR) is 122 cm³/mol. The first-order valence-electron chi connectivity index (χ1n) is 10.8. The molecule has 2 N–H and O–H groups in total. The van der Waals surface area contributed by atoms with Gasteiger partial charge in [-0.05, 0) is 50.1 Å². The highest BCUT2D eigenvalue weighted by atomic mass is 19.4. The van der Waals surface area contributed by atoms with E-state index < -0.39 is 23.7 Å². The van der Waals surface area contributed by atoms with Crippen LogP contribution in [0.3, 0.4) is 0 Å². The maximum absolute atomic E-state index is 13.8. The molecule has 1 heterocycles. The summed E-state index contributed by atoms with van der Waals surface area (Å²) in [5.74, 6) is -0.785. The van der Waals surface area contributed by atoms with Crippen LogP contribution in [0.25, 0.3) is 5.69 Å².